The summed E-state index contributed by atoms with van der Waals surface area (Å²) in [6.45, 7) is 2.01. The molecule has 0 bridgehead atoms. The summed E-state index contributed by atoms with van der Waals surface area (Å²) in [7, 11) is 0. The molecule has 0 radical (unpaired) electrons. The fourth-order valence-electron chi connectivity index (χ4n) is 2.91. The number of carbonyl (C=O) groups excluding carboxylic acids is 1. The van der Waals surface area contributed by atoms with E-state index < -0.39 is 0 Å². The number of thiophene rings is 1. The van der Waals surface area contributed by atoms with Crippen LogP contribution < -0.4 is 11.1 Å². The van der Waals surface area contributed by atoms with Crippen molar-refractivity contribution in [3.8, 4) is 0 Å². The molecular weight excluding hydrogens is 296 g/mol. The van der Waals surface area contributed by atoms with Gasteiger partial charge < -0.3 is 11.1 Å². The Morgan fingerprint density at radius 1 is 1.41 bits per heavy atom. The number of nitrogens with one attached hydrogen (secondary N) is 1. The zero-order valence-corrected chi connectivity index (χ0v) is 13.4. The van der Waals surface area contributed by atoms with Crippen molar-refractivity contribution >= 4 is 23.2 Å². The molecule has 0 spiro atoms. The Kier molecular flexibility index (Phi) is 4.38. The number of nitrogens with two attached hydrogens (primary N) is 1. The number of nitrogens with zero attached hydrogens (tertiary/aromatic N) is 2. The van der Waals surface area contributed by atoms with Gasteiger partial charge in [-0.1, -0.05) is 0 Å². The average Bonchev–Trinajstić information content (AvgIpc) is 2.98. The van der Waals surface area contributed by atoms with Crippen LogP contribution in [0.15, 0.2) is 16.8 Å². The van der Waals surface area contributed by atoms with Crippen molar-refractivity contribution in [2.45, 2.75) is 45.1 Å². The van der Waals surface area contributed by atoms with Gasteiger partial charge in [-0.05, 0) is 61.4 Å². The number of amides is 1. The van der Waals surface area contributed by atoms with Crippen molar-refractivity contribution in [3.63, 3.8) is 0 Å². The molecule has 2 aromatic rings. The summed E-state index contributed by atoms with van der Waals surface area (Å²) >= 11 is 1.67. The van der Waals surface area contributed by atoms with E-state index in [2.05, 4.69) is 26.7 Å². The third-order valence-electron chi connectivity index (χ3n) is 3.91. The predicted molar refractivity (Wildman–Crippen MR) is 88.0 cm³/mol. The molecular formula is C16H20N4OS. The maximum Gasteiger partial charge on any atom is 0.270 e. The van der Waals surface area contributed by atoms with Crippen molar-refractivity contribution < 1.29 is 4.79 Å². The van der Waals surface area contributed by atoms with Gasteiger partial charge in [0.1, 0.15) is 5.69 Å². The Labute approximate surface area is 134 Å². The lowest BCUT2D eigenvalue weighted by molar-refractivity contribution is 0.0933. The second-order valence-corrected chi connectivity index (χ2v) is 6.55. The first-order valence-corrected chi connectivity index (χ1v) is 8.55. The molecule has 1 aliphatic rings. The largest absolute Gasteiger partial charge is 0.368 e. The fourth-order valence-corrected chi connectivity index (χ4v) is 3.59. The highest BCUT2D eigenvalue weighted by molar-refractivity contribution is 7.07. The minimum absolute atomic E-state index is 0.0533. The Bertz CT molecular complexity index is 669. The number of carbonyl (C=O) groups is 1. The van der Waals surface area contributed by atoms with Crippen molar-refractivity contribution in [2.75, 3.05) is 5.73 Å². The molecule has 0 saturated heterocycles. The number of aryl methyl sites for hydroxylation is 1. The highest BCUT2D eigenvalue weighted by Gasteiger charge is 2.22. The molecule has 3 rings (SSSR count). The predicted octanol–water partition coefficient (Wildman–Crippen LogP) is 2.36. The van der Waals surface area contributed by atoms with E-state index in [-0.39, 0.29) is 17.9 Å². The van der Waals surface area contributed by atoms with Gasteiger partial charge in [-0.2, -0.15) is 11.3 Å². The summed E-state index contributed by atoms with van der Waals surface area (Å²) in [4.78, 5) is 21.0. The summed E-state index contributed by atoms with van der Waals surface area (Å²) in [5.41, 5.74) is 9.37. The molecule has 2 aromatic heterocycles. The van der Waals surface area contributed by atoms with Gasteiger partial charge in [0, 0.05) is 17.3 Å². The Morgan fingerprint density at radius 3 is 3.00 bits per heavy atom. The number of nitrogen functional groups attached to an aromatic ring is 1. The van der Waals surface area contributed by atoms with Crippen LogP contribution in [0.3, 0.4) is 0 Å². The first-order chi connectivity index (χ1) is 10.6. The summed E-state index contributed by atoms with van der Waals surface area (Å²) < 4.78 is 0. The van der Waals surface area contributed by atoms with Crippen LogP contribution in [0.4, 0.5) is 5.95 Å². The maximum absolute atomic E-state index is 12.6. The summed E-state index contributed by atoms with van der Waals surface area (Å²) in [6.07, 6.45) is 4.73. The molecule has 2 heterocycles. The molecule has 1 amide bonds. The van der Waals surface area contributed by atoms with E-state index >= 15 is 0 Å². The standard InChI is InChI=1S/C16H20N4OS/c1-10(8-11-6-7-22-9-11)18-15(21)14-12-4-2-3-5-13(12)19-16(17)20-14/h6-7,9-10H,2-5,8H2,1H3,(H,18,21)(H2,17,19,20). The monoisotopic (exact) mass is 316 g/mol. The third kappa shape index (κ3) is 3.27. The molecule has 1 aliphatic carbocycles. The summed E-state index contributed by atoms with van der Waals surface area (Å²) in [5.74, 6) is 0.0475. The second-order valence-electron chi connectivity index (χ2n) is 5.77. The molecule has 6 heteroatoms. The fraction of sp³-hybridized carbons (Fsp3) is 0.438. The Morgan fingerprint density at radius 2 is 2.23 bits per heavy atom. The van der Waals surface area contributed by atoms with E-state index in [9.17, 15) is 4.79 Å². The van der Waals surface area contributed by atoms with Gasteiger partial charge in [0.05, 0.1) is 0 Å². The SMILES string of the molecule is CC(Cc1ccsc1)NC(=O)c1nc(N)nc2c1CCCC2. The molecule has 22 heavy (non-hydrogen) atoms. The third-order valence-corrected chi connectivity index (χ3v) is 4.65. The van der Waals surface area contributed by atoms with Gasteiger partial charge in [-0.3, -0.25) is 4.79 Å². The van der Waals surface area contributed by atoms with Crippen LogP contribution in [0, 0.1) is 0 Å². The van der Waals surface area contributed by atoms with Gasteiger partial charge in [-0.25, -0.2) is 9.97 Å². The van der Waals surface area contributed by atoms with Crippen LogP contribution in [-0.4, -0.2) is 21.9 Å². The minimum Gasteiger partial charge on any atom is -0.368 e. The van der Waals surface area contributed by atoms with E-state index in [0.29, 0.717) is 5.69 Å². The van der Waals surface area contributed by atoms with E-state index in [4.69, 9.17) is 5.73 Å². The van der Waals surface area contributed by atoms with Crippen LogP contribution in [0.1, 0.15) is 47.1 Å². The van der Waals surface area contributed by atoms with Gasteiger partial charge >= 0.3 is 0 Å². The summed E-state index contributed by atoms with van der Waals surface area (Å²) in [6, 6.07) is 2.13. The number of anilines is 1. The van der Waals surface area contributed by atoms with Crippen LogP contribution in [0.25, 0.3) is 0 Å². The first-order valence-electron chi connectivity index (χ1n) is 7.60. The number of hydrogen-bond acceptors (Lipinski definition) is 5. The quantitative estimate of drug-likeness (QED) is 0.907. The smallest absolute Gasteiger partial charge is 0.270 e. The molecule has 1 unspecified atom stereocenters. The zero-order chi connectivity index (χ0) is 15.5. The molecule has 3 N–H and O–H groups in total. The number of aromatic nitrogens is 2. The second kappa shape index (κ2) is 6.44. The van der Waals surface area contributed by atoms with Crippen LogP contribution in [-0.2, 0) is 19.3 Å². The van der Waals surface area contributed by atoms with Gasteiger partial charge in [0.2, 0.25) is 5.95 Å². The number of rotatable bonds is 4. The average molecular weight is 316 g/mol. The van der Waals surface area contributed by atoms with Crippen molar-refractivity contribution in [1.82, 2.24) is 15.3 Å². The molecule has 1 atom stereocenters. The van der Waals surface area contributed by atoms with Crippen LogP contribution in [0.5, 0.6) is 0 Å². The lowest BCUT2D eigenvalue weighted by Gasteiger charge is -2.19. The lowest BCUT2D eigenvalue weighted by atomic mass is 9.94. The molecule has 5 nitrogen and oxygen atoms in total. The topological polar surface area (TPSA) is 80.9 Å². The maximum atomic E-state index is 12.6. The number of hydrogen-bond donors (Lipinski definition) is 2. The van der Waals surface area contributed by atoms with E-state index in [1.165, 1.54) is 5.56 Å². The van der Waals surface area contributed by atoms with Crippen LogP contribution in [0.2, 0.25) is 0 Å². The van der Waals surface area contributed by atoms with Crippen molar-refractivity contribution in [3.05, 3.63) is 39.3 Å². The van der Waals surface area contributed by atoms with Gasteiger partial charge in [0.25, 0.3) is 5.91 Å². The Balaban J connectivity index is 1.76. The van der Waals surface area contributed by atoms with Gasteiger partial charge in [0.15, 0.2) is 0 Å². The zero-order valence-electron chi connectivity index (χ0n) is 12.6. The normalized spacial score (nSPS) is 15.1. The molecule has 0 aromatic carbocycles. The lowest BCUT2D eigenvalue weighted by Crippen LogP contribution is -2.36. The van der Waals surface area contributed by atoms with Crippen molar-refractivity contribution in [1.29, 1.82) is 0 Å². The van der Waals surface area contributed by atoms with Gasteiger partial charge in [-0.15, -0.1) is 0 Å². The first kappa shape index (κ1) is 15.0. The molecule has 0 aliphatic heterocycles. The molecule has 116 valence electrons. The van der Waals surface area contributed by atoms with Crippen molar-refractivity contribution in [2.24, 2.45) is 0 Å². The Hall–Kier alpha value is -1.95. The highest BCUT2D eigenvalue weighted by atomic mass is 32.1. The molecule has 0 saturated carbocycles. The molecule has 0 fully saturated rings. The van der Waals surface area contributed by atoms with Crippen LogP contribution >= 0.6 is 11.3 Å². The highest BCUT2D eigenvalue weighted by Crippen LogP contribution is 2.23. The summed E-state index contributed by atoms with van der Waals surface area (Å²) in [5, 5.41) is 7.18. The van der Waals surface area contributed by atoms with E-state index in [1.807, 2.05) is 12.3 Å². The minimum atomic E-state index is -0.144. The van der Waals surface area contributed by atoms with E-state index in [1.54, 1.807) is 11.3 Å². The van der Waals surface area contributed by atoms with E-state index in [0.717, 1.165) is 43.4 Å². The number of fused-ring (bicyclic) bond motifs is 1.